The normalized spacial score (nSPS) is 12.7. The van der Waals surface area contributed by atoms with Gasteiger partial charge in [-0.3, -0.25) is 14.9 Å². The van der Waals surface area contributed by atoms with Crippen molar-refractivity contribution in [2.75, 3.05) is 0 Å². The molecule has 206 valence electrons. The van der Waals surface area contributed by atoms with Gasteiger partial charge in [0, 0.05) is 30.8 Å². The highest BCUT2D eigenvalue weighted by atomic mass is 32.2. The summed E-state index contributed by atoms with van der Waals surface area (Å²) in [5.41, 5.74) is -0.0698. The molecule has 12 heteroatoms. The molecule has 0 spiro atoms. The number of carbonyl (C=O) groups is 1. The third kappa shape index (κ3) is 7.90. The number of hydrogen-bond acceptors (Lipinski definition) is 6. The summed E-state index contributed by atoms with van der Waals surface area (Å²) < 4.78 is 69.5. The van der Waals surface area contributed by atoms with Gasteiger partial charge >= 0.3 is 16.3 Å². The molecule has 0 aromatic heterocycles. The highest BCUT2D eigenvalue weighted by Gasteiger charge is 2.32. The van der Waals surface area contributed by atoms with Crippen molar-refractivity contribution < 1.29 is 35.5 Å². The van der Waals surface area contributed by atoms with Crippen LogP contribution in [-0.2, 0) is 27.6 Å². The standard InChI is InChI=1S/C27H25F3N2O6S/c1-3-19(2)31(26(33)15-12-20-10-13-23(14-11-20)32(34)35)18-21-6-4-8-24(16-21)38-39(36,37)25-9-5-7-22(17-25)27(28,29)30/h4-17,19H,3,18H2,1-2H3. The predicted molar refractivity (Wildman–Crippen MR) is 138 cm³/mol. The van der Waals surface area contributed by atoms with Crippen molar-refractivity contribution in [2.24, 2.45) is 0 Å². The van der Waals surface area contributed by atoms with E-state index in [0.717, 1.165) is 18.2 Å². The topological polar surface area (TPSA) is 107 Å². The molecule has 39 heavy (non-hydrogen) atoms. The molecular formula is C27H25F3N2O6S. The maximum atomic E-state index is 13.0. The van der Waals surface area contributed by atoms with Gasteiger partial charge in [-0.15, -0.1) is 0 Å². The summed E-state index contributed by atoms with van der Waals surface area (Å²) in [4.78, 5) is 24.2. The average molecular weight is 563 g/mol. The summed E-state index contributed by atoms with van der Waals surface area (Å²) in [6.45, 7) is 3.83. The van der Waals surface area contributed by atoms with Gasteiger partial charge in [-0.2, -0.15) is 21.6 Å². The Morgan fingerprint density at radius 3 is 2.36 bits per heavy atom. The molecule has 0 aliphatic rings. The van der Waals surface area contributed by atoms with Crippen LogP contribution in [-0.4, -0.2) is 30.2 Å². The number of alkyl halides is 3. The molecule has 1 unspecified atom stereocenters. The zero-order valence-electron chi connectivity index (χ0n) is 21.0. The van der Waals surface area contributed by atoms with E-state index < -0.39 is 31.7 Å². The summed E-state index contributed by atoms with van der Waals surface area (Å²) >= 11 is 0. The SMILES string of the molecule is CCC(C)N(Cc1cccc(OS(=O)(=O)c2cccc(C(F)(F)F)c2)c1)C(=O)C=Cc1ccc([N+](=O)[O-])cc1. The van der Waals surface area contributed by atoms with E-state index in [1.807, 2.05) is 13.8 Å². The zero-order chi connectivity index (χ0) is 28.8. The molecular weight excluding hydrogens is 537 g/mol. The Hall–Kier alpha value is -4.19. The minimum Gasteiger partial charge on any atom is -0.379 e. The molecule has 3 aromatic rings. The fraction of sp³-hybridized carbons (Fsp3) is 0.222. The van der Waals surface area contributed by atoms with Crippen LogP contribution in [0.3, 0.4) is 0 Å². The number of nitrogens with zero attached hydrogens (tertiary/aromatic N) is 2. The molecule has 0 aliphatic heterocycles. The molecule has 0 saturated heterocycles. The fourth-order valence-electron chi connectivity index (χ4n) is 3.54. The maximum Gasteiger partial charge on any atom is 0.416 e. The second-order valence-electron chi connectivity index (χ2n) is 8.62. The summed E-state index contributed by atoms with van der Waals surface area (Å²) in [5.74, 6) is -0.464. The Morgan fingerprint density at radius 1 is 1.08 bits per heavy atom. The molecule has 1 amide bonds. The summed E-state index contributed by atoms with van der Waals surface area (Å²) in [7, 11) is -4.56. The van der Waals surface area contributed by atoms with E-state index >= 15 is 0 Å². The third-order valence-electron chi connectivity index (χ3n) is 5.84. The van der Waals surface area contributed by atoms with Gasteiger partial charge in [0.25, 0.3) is 5.69 Å². The van der Waals surface area contributed by atoms with Crippen LogP contribution < -0.4 is 4.18 Å². The van der Waals surface area contributed by atoms with Crippen LogP contribution in [0, 0.1) is 10.1 Å². The first-order valence-electron chi connectivity index (χ1n) is 11.7. The van der Waals surface area contributed by atoms with E-state index in [-0.39, 0.29) is 29.9 Å². The van der Waals surface area contributed by atoms with Crippen LogP contribution in [0.1, 0.15) is 37.0 Å². The van der Waals surface area contributed by atoms with Crippen molar-refractivity contribution in [1.82, 2.24) is 4.90 Å². The van der Waals surface area contributed by atoms with Crippen LogP contribution in [0.5, 0.6) is 5.75 Å². The number of benzene rings is 3. The van der Waals surface area contributed by atoms with Gasteiger partial charge in [-0.05, 0) is 73.0 Å². The smallest absolute Gasteiger partial charge is 0.379 e. The van der Waals surface area contributed by atoms with Crippen LogP contribution >= 0.6 is 0 Å². The molecule has 0 fully saturated rings. The number of non-ortho nitro benzene ring substituents is 1. The Labute approximate surface area is 223 Å². The second-order valence-corrected chi connectivity index (χ2v) is 10.2. The van der Waals surface area contributed by atoms with Gasteiger partial charge in [0.15, 0.2) is 0 Å². The number of nitro groups is 1. The lowest BCUT2D eigenvalue weighted by atomic mass is 10.1. The van der Waals surface area contributed by atoms with E-state index in [9.17, 15) is 36.5 Å². The highest BCUT2D eigenvalue weighted by Crippen LogP contribution is 2.31. The first-order valence-corrected chi connectivity index (χ1v) is 13.1. The molecule has 0 saturated carbocycles. The molecule has 8 nitrogen and oxygen atoms in total. The van der Waals surface area contributed by atoms with Crippen molar-refractivity contribution in [2.45, 2.75) is 43.9 Å². The number of nitro benzene ring substituents is 1. The van der Waals surface area contributed by atoms with Gasteiger partial charge in [-0.1, -0.05) is 25.1 Å². The Bertz CT molecular complexity index is 1470. The number of halogens is 3. The van der Waals surface area contributed by atoms with Crippen molar-refractivity contribution in [3.8, 4) is 5.75 Å². The molecule has 0 N–H and O–H groups in total. The lowest BCUT2D eigenvalue weighted by Gasteiger charge is -2.28. The van der Waals surface area contributed by atoms with E-state index in [2.05, 4.69) is 0 Å². The first-order chi connectivity index (χ1) is 18.3. The van der Waals surface area contributed by atoms with Crippen molar-refractivity contribution in [3.63, 3.8) is 0 Å². The Kier molecular flexibility index (Phi) is 9.12. The van der Waals surface area contributed by atoms with Gasteiger partial charge in [0.2, 0.25) is 5.91 Å². The van der Waals surface area contributed by atoms with E-state index in [1.165, 1.54) is 54.6 Å². The molecule has 0 radical (unpaired) electrons. The van der Waals surface area contributed by atoms with E-state index in [1.54, 1.807) is 11.0 Å². The van der Waals surface area contributed by atoms with Crippen LogP contribution in [0.4, 0.5) is 18.9 Å². The fourth-order valence-corrected chi connectivity index (χ4v) is 4.51. The van der Waals surface area contributed by atoms with Gasteiger partial charge in [0.05, 0.1) is 10.5 Å². The maximum absolute atomic E-state index is 13.0. The lowest BCUT2D eigenvalue weighted by Crippen LogP contribution is -2.36. The van der Waals surface area contributed by atoms with E-state index in [0.29, 0.717) is 23.6 Å². The minimum atomic E-state index is -4.72. The van der Waals surface area contributed by atoms with Crippen LogP contribution in [0.25, 0.3) is 6.08 Å². The predicted octanol–water partition coefficient (Wildman–Crippen LogP) is 6.22. The lowest BCUT2D eigenvalue weighted by molar-refractivity contribution is -0.384. The van der Waals surface area contributed by atoms with Gasteiger partial charge < -0.3 is 9.08 Å². The van der Waals surface area contributed by atoms with Crippen molar-refractivity contribution in [3.05, 3.63) is 106 Å². The summed E-state index contributed by atoms with van der Waals surface area (Å²) in [6.07, 6.45) is -1.23. The highest BCUT2D eigenvalue weighted by molar-refractivity contribution is 7.87. The van der Waals surface area contributed by atoms with Crippen molar-refractivity contribution >= 4 is 27.8 Å². The number of rotatable bonds is 10. The second kappa shape index (κ2) is 12.1. The first kappa shape index (κ1) is 29.4. The summed E-state index contributed by atoms with van der Waals surface area (Å²) in [5, 5.41) is 10.8. The monoisotopic (exact) mass is 562 g/mol. The molecule has 0 heterocycles. The van der Waals surface area contributed by atoms with Gasteiger partial charge in [-0.25, -0.2) is 0 Å². The Morgan fingerprint density at radius 2 is 1.74 bits per heavy atom. The van der Waals surface area contributed by atoms with E-state index in [4.69, 9.17) is 4.18 Å². The molecule has 0 bridgehead atoms. The Balaban J connectivity index is 1.78. The van der Waals surface area contributed by atoms with Gasteiger partial charge in [0.1, 0.15) is 10.6 Å². The third-order valence-corrected chi connectivity index (χ3v) is 7.08. The van der Waals surface area contributed by atoms with Crippen LogP contribution in [0.2, 0.25) is 0 Å². The minimum absolute atomic E-state index is 0.0723. The number of amides is 1. The number of carbonyl (C=O) groups excluding carboxylic acids is 1. The average Bonchev–Trinajstić information content (AvgIpc) is 2.89. The largest absolute Gasteiger partial charge is 0.416 e. The molecule has 3 aromatic carbocycles. The molecule has 0 aliphatic carbocycles. The van der Waals surface area contributed by atoms with Crippen LogP contribution in [0.15, 0.2) is 83.8 Å². The zero-order valence-corrected chi connectivity index (χ0v) is 21.8. The molecule has 3 rings (SSSR count). The molecule has 1 atom stereocenters. The summed E-state index contributed by atoms with van der Waals surface area (Å²) in [6, 6.07) is 14.7. The quantitative estimate of drug-likeness (QED) is 0.126. The number of hydrogen-bond donors (Lipinski definition) is 0. The van der Waals surface area contributed by atoms with Crippen molar-refractivity contribution in [1.29, 1.82) is 0 Å².